The topological polar surface area (TPSA) is 105 Å². The Labute approximate surface area is 163 Å². The van der Waals surface area contributed by atoms with Crippen LogP contribution in [0.3, 0.4) is 0 Å². The van der Waals surface area contributed by atoms with Crippen molar-refractivity contribution in [3.63, 3.8) is 0 Å². The molecule has 2 atom stereocenters. The normalized spacial score (nSPS) is 22.6. The monoisotopic (exact) mass is 387 g/mol. The number of anilines is 1. The Kier molecular flexibility index (Phi) is 5.40. The van der Waals surface area contributed by atoms with Gasteiger partial charge in [0.2, 0.25) is 0 Å². The minimum Gasteiger partial charge on any atom is -0.451 e. The highest BCUT2D eigenvalue weighted by atomic mass is 16.5. The van der Waals surface area contributed by atoms with E-state index >= 15 is 0 Å². The van der Waals surface area contributed by atoms with Gasteiger partial charge >= 0.3 is 12.0 Å². The Morgan fingerprint density at radius 1 is 1.29 bits per heavy atom. The number of carbonyl (C=O) groups excluding carboxylic acids is 4. The lowest BCUT2D eigenvalue weighted by Crippen LogP contribution is -2.46. The number of aryl methyl sites for hydroxylation is 1. The molecule has 0 spiro atoms. The molecule has 1 aliphatic carbocycles. The van der Waals surface area contributed by atoms with Gasteiger partial charge in [-0.05, 0) is 56.7 Å². The zero-order chi connectivity index (χ0) is 20.5. The summed E-state index contributed by atoms with van der Waals surface area (Å²) in [4.78, 5) is 49.8. The van der Waals surface area contributed by atoms with Crippen molar-refractivity contribution in [1.29, 1.82) is 0 Å². The predicted octanol–water partition coefficient (Wildman–Crippen LogP) is 1.84. The van der Waals surface area contributed by atoms with Gasteiger partial charge in [-0.15, -0.1) is 0 Å². The molecule has 1 saturated carbocycles. The largest absolute Gasteiger partial charge is 0.451 e. The quantitative estimate of drug-likeness (QED) is 0.549. The summed E-state index contributed by atoms with van der Waals surface area (Å²) in [6.07, 6.45) is 1.58. The maximum atomic E-state index is 12.5. The number of benzene rings is 1. The van der Waals surface area contributed by atoms with Gasteiger partial charge in [-0.1, -0.05) is 19.1 Å². The molecule has 1 saturated heterocycles. The highest BCUT2D eigenvalue weighted by Crippen LogP contribution is 2.42. The van der Waals surface area contributed by atoms with Gasteiger partial charge in [0.05, 0.1) is 0 Å². The van der Waals surface area contributed by atoms with Crippen LogP contribution in [0, 0.1) is 5.92 Å². The SMILES string of the molecule is CCc1ccc(NC(=O)[C@@H](C)OC(=O)CN2C(=O)N[C@](C)(C3CC3)C2=O)cc1. The highest BCUT2D eigenvalue weighted by Gasteiger charge is 2.56. The molecule has 150 valence electrons. The lowest BCUT2D eigenvalue weighted by molar-refractivity contribution is -0.155. The second kappa shape index (κ2) is 7.61. The van der Waals surface area contributed by atoms with Gasteiger partial charge in [0, 0.05) is 5.69 Å². The Bertz CT molecular complexity index is 803. The molecular weight excluding hydrogens is 362 g/mol. The number of ether oxygens (including phenoxy) is 1. The van der Waals surface area contributed by atoms with E-state index in [-0.39, 0.29) is 5.92 Å². The first kappa shape index (κ1) is 19.9. The minimum absolute atomic E-state index is 0.105. The van der Waals surface area contributed by atoms with Crippen molar-refractivity contribution in [3.8, 4) is 0 Å². The van der Waals surface area contributed by atoms with Gasteiger partial charge in [0.25, 0.3) is 11.8 Å². The first-order valence-corrected chi connectivity index (χ1v) is 9.48. The lowest BCUT2D eigenvalue weighted by atomic mass is 9.96. The van der Waals surface area contributed by atoms with Gasteiger partial charge in [-0.3, -0.25) is 19.3 Å². The number of nitrogens with one attached hydrogen (secondary N) is 2. The number of amides is 4. The molecule has 2 fully saturated rings. The van der Waals surface area contributed by atoms with E-state index in [0.717, 1.165) is 29.7 Å². The zero-order valence-electron chi connectivity index (χ0n) is 16.3. The van der Waals surface area contributed by atoms with E-state index in [0.29, 0.717) is 5.69 Å². The summed E-state index contributed by atoms with van der Waals surface area (Å²) >= 11 is 0. The third kappa shape index (κ3) is 4.00. The van der Waals surface area contributed by atoms with E-state index in [4.69, 9.17) is 4.74 Å². The molecule has 1 aromatic rings. The predicted molar refractivity (Wildman–Crippen MR) is 101 cm³/mol. The van der Waals surface area contributed by atoms with Gasteiger partial charge in [0.15, 0.2) is 6.10 Å². The number of hydrogen-bond acceptors (Lipinski definition) is 5. The van der Waals surface area contributed by atoms with E-state index in [9.17, 15) is 19.2 Å². The molecule has 0 unspecified atom stereocenters. The molecule has 2 aliphatic rings. The van der Waals surface area contributed by atoms with Crippen molar-refractivity contribution in [3.05, 3.63) is 29.8 Å². The van der Waals surface area contributed by atoms with Crippen LogP contribution in [0.1, 0.15) is 39.2 Å². The van der Waals surface area contributed by atoms with Crippen molar-refractivity contribution in [2.45, 2.75) is 51.7 Å². The van der Waals surface area contributed by atoms with Crippen LogP contribution >= 0.6 is 0 Å². The van der Waals surface area contributed by atoms with Crippen molar-refractivity contribution in [2.24, 2.45) is 5.92 Å². The first-order valence-electron chi connectivity index (χ1n) is 9.48. The second-order valence-corrected chi connectivity index (χ2v) is 7.47. The van der Waals surface area contributed by atoms with Crippen LogP contribution in [0.5, 0.6) is 0 Å². The fourth-order valence-electron chi connectivity index (χ4n) is 3.28. The summed E-state index contributed by atoms with van der Waals surface area (Å²) in [5, 5.41) is 5.34. The standard InChI is InChI=1S/C20H25N3O5/c1-4-13-5-9-15(10-6-13)21-17(25)12(2)28-16(24)11-23-18(26)20(3,14-7-8-14)22-19(23)27/h5-6,9-10,12,14H,4,7-8,11H2,1-3H3,(H,21,25)(H,22,27)/t12-,20-/m1/s1. The number of hydrogen-bond donors (Lipinski definition) is 2. The molecule has 1 heterocycles. The summed E-state index contributed by atoms with van der Waals surface area (Å²) in [6, 6.07) is 6.75. The Morgan fingerprint density at radius 3 is 2.50 bits per heavy atom. The number of urea groups is 1. The summed E-state index contributed by atoms with van der Waals surface area (Å²) in [6.45, 7) is 4.63. The Hall–Kier alpha value is -2.90. The van der Waals surface area contributed by atoms with Crippen molar-refractivity contribution < 1.29 is 23.9 Å². The summed E-state index contributed by atoms with van der Waals surface area (Å²) in [7, 11) is 0. The number of imide groups is 1. The average molecular weight is 387 g/mol. The van der Waals surface area contributed by atoms with Gasteiger partial charge < -0.3 is 15.4 Å². The van der Waals surface area contributed by atoms with Gasteiger partial charge in [0.1, 0.15) is 12.1 Å². The molecule has 0 radical (unpaired) electrons. The molecule has 2 N–H and O–H groups in total. The lowest BCUT2D eigenvalue weighted by Gasteiger charge is -2.21. The molecule has 8 nitrogen and oxygen atoms in total. The van der Waals surface area contributed by atoms with Gasteiger partial charge in [-0.2, -0.15) is 0 Å². The van der Waals surface area contributed by atoms with Crippen LogP contribution in [0.2, 0.25) is 0 Å². The minimum atomic E-state index is -1.06. The van der Waals surface area contributed by atoms with Gasteiger partial charge in [-0.25, -0.2) is 4.79 Å². The van der Waals surface area contributed by atoms with Crippen molar-refractivity contribution >= 4 is 29.5 Å². The van der Waals surface area contributed by atoms with Crippen LogP contribution in [0.25, 0.3) is 0 Å². The molecule has 0 aromatic heterocycles. The van der Waals surface area contributed by atoms with Crippen LogP contribution < -0.4 is 10.6 Å². The second-order valence-electron chi connectivity index (χ2n) is 7.47. The third-order valence-corrected chi connectivity index (χ3v) is 5.29. The molecular formula is C20H25N3O5. The summed E-state index contributed by atoms with van der Waals surface area (Å²) < 4.78 is 5.11. The number of carbonyl (C=O) groups is 4. The number of nitrogens with zero attached hydrogens (tertiary/aromatic N) is 1. The number of esters is 1. The molecule has 1 aromatic carbocycles. The average Bonchev–Trinajstić information content (AvgIpc) is 3.48. The maximum absolute atomic E-state index is 12.5. The van der Waals surface area contributed by atoms with Crippen LogP contribution in [0.4, 0.5) is 10.5 Å². The fourth-order valence-corrected chi connectivity index (χ4v) is 3.28. The Balaban J connectivity index is 1.53. The third-order valence-electron chi connectivity index (χ3n) is 5.29. The molecule has 3 rings (SSSR count). The van der Waals surface area contributed by atoms with E-state index in [2.05, 4.69) is 10.6 Å². The smallest absolute Gasteiger partial charge is 0.327 e. The maximum Gasteiger partial charge on any atom is 0.327 e. The summed E-state index contributed by atoms with van der Waals surface area (Å²) in [5.41, 5.74) is 0.786. The number of rotatable bonds is 7. The Morgan fingerprint density at radius 2 is 1.93 bits per heavy atom. The molecule has 8 heteroatoms. The highest BCUT2D eigenvalue weighted by molar-refractivity contribution is 6.09. The molecule has 1 aliphatic heterocycles. The van der Waals surface area contributed by atoms with Crippen LogP contribution in [0.15, 0.2) is 24.3 Å². The zero-order valence-corrected chi connectivity index (χ0v) is 16.3. The van der Waals surface area contributed by atoms with E-state index < -0.39 is 42.0 Å². The molecule has 4 amide bonds. The van der Waals surface area contributed by atoms with E-state index in [1.165, 1.54) is 6.92 Å². The van der Waals surface area contributed by atoms with Crippen LogP contribution in [-0.2, 0) is 25.5 Å². The fraction of sp³-hybridized carbons (Fsp3) is 0.500. The molecule has 28 heavy (non-hydrogen) atoms. The van der Waals surface area contributed by atoms with E-state index in [1.54, 1.807) is 19.1 Å². The van der Waals surface area contributed by atoms with Crippen molar-refractivity contribution in [1.82, 2.24) is 10.2 Å². The summed E-state index contributed by atoms with van der Waals surface area (Å²) in [5.74, 6) is -1.62. The van der Waals surface area contributed by atoms with Crippen LogP contribution in [-0.4, -0.2) is 46.9 Å². The first-order chi connectivity index (χ1) is 13.2. The van der Waals surface area contributed by atoms with Crippen molar-refractivity contribution in [2.75, 3.05) is 11.9 Å². The van der Waals surface area contributed by atoms with E-state index in [1.807, 2.05) is 19.1 Å². The molecule has 0 bridgehead atoms.